The van der Waals surface area contributed by atoms with E-state index in [2.05, 4.69) is 0 Å². The van der Waals surface area contributed by atoms with Crippen LogP contribution in [0.2, 0.25) is 0 Å². The predicted octanol–water partition coefficient (Wildman–Crippen LogP) is 2.89. The fourth-order valence-corrected chi connectivity index (χ4v) is 3.40. The molecule has 1 amide bonds. The average Bonchev–Trinajstić information content (AvgIpc) is 2.66. The average molecular weight is 365 g/mol. The molecule has 1 aliphatic heterocycles. The summed E-state index contributed by atoms with van der Waals surface area (Å²) in [5.74, 6) is -3.25. The number of phenolic OH excluding ortho intramolecular Hbond substituents is 4. The number of benzene rings is 3. The maximum Gasteiger partial charge on any atom is 0.249 e. The highest BCUT2D eigenvalue weighted by Crippen LogP contribution is 2.56. The third kappa shape index (κ3) is 2.40. The molecule has 0 unspecified atom stereocenters. The number of fused-ring (bicyclic) bond motifs is 2. The van der Waals surface area contributed by atoms with Crippen LogP contribution in [0.1, 0.15) is 33.0 Å². The van der Waals surface area contributed by atoms with Crippen LogP contribution in [-0.4, -0.2) is 26.3 Å². The minimum atomic E-state index is -0.634. The molecule has 4 rings (SSSR count). The SMILES string of the molecule is NC(=O)c1ccccc1C1c2ccc(O)c(O)c2Oc2c1ccc(O)c2O. The molecular weight excluding hydrogens is 350 g/mol. The highest BCUT2D eigenvalue weighted by Gasteiger charge is 2.35. The van der Waals surface area contributed by atoms with Crippen molar-refractivity contribution in [3.63, 3.8) is 0 Å². The molecule has 7 heteroatoms. The maximum atomic E-state index is 11.9. The number of carbonyl (C=O) groups is 1. The summed E-state index contributed by atoms with van der Waals surface area (Å²) in [6.45, 7) is 0. The van der Waals surface area contributed by atoms with Gasteiger partial charge >= 0.3 is 0 Å². The second kappa shape index (κ2) is 5.84. The van der Waals surface area contributed by atoms with E-state index >= 15 is 0 Å². The number of hydrogen-bond acceptors (Lipinski definition) is 6. The number of ether oxygens (including phenoxy) is 1. The van der Waals surface area contributed by atoms with Gasteiger partial charge in [-0.05, 0) is 23.8 Å². The van der Waals surface area contributed by atoms with Gasteiger partial charge in [-0.25, -0.2) is 0 Å². The third-order valence-electron chi connectivity index (χ3n) is 4.64. The number of rotatable bonds is 2. The van der Waals surface area contributed by atoms with Gasteiger partial charge in [-0.15, -0.1) is 0 Å². The van der Waals surface area contributed by atoms with Crippen molar-refractivity contribution in [1.82, 2.24) is 0 Å². The highest BCUT2D eigenvalue weighted by atomic mass is 16.5. The van der Waals surface area contributed by atoms with E-state index in [1.165, 1.54) is 12.1 Å². The summed E-state index contributed by atoms with van der Waals surface area (Å²) in [6.07, 6.45) is 0. The zero-order valence-corrected chi connectivity index (χ0v) is 13.9. The second-order valence-corrected chi connectivity index (χ2v) is 6.19. The molecule has 0 spiro atoms. The molecule has 7 nitrogen and oxygen atoms in total. The van der Waals surface area contributed by atoms with Crippen LogP contribution in [0.5, 0.6) is 34.5 Å². The van der Waals surface area contributed by atoms with E-state index in [4.69, 9.17) is 10.5 Å². The molecule has 0 bridgehead atoms. The van der Waals surface area contributed by atoms with Gasteiger partial charge in [0.15, 0.2) is 23.0 Å². The molecule has 0 saturated heterocycles. The van der Waals surface area contributed by atoms with Crippen LogP contribution >= 0.6 is 0 Å². The van der Waals surface area contributed by atoms with Crippen LogP contribution in [-0.2, 0) is 0 Å². The van der Waals surface area contributed by atoms with Crippen LogP contribution in [0.4, 0.5) is 0 Å². The number of hydrogen-bond donors (Lipinski definition) is 5. The molecule has 3 aromatic carbocycles. The number of amides is 1. The minimum absolute atomic E-state index is 0.0762. The normalized spacial score (nSPS) is 12.7. The Kier molecular flexibility index (Phi) is 3.59. The number of phenols is 4. The monoisotopic (exact) mass is 365 g/mol. The van der Waals surface area contributed by atoms with Crippen molar-refractivity contribution in [2.45, 2.75) is 5.92 Å². The summed E-state index contributed by atoms with van der Waals surface area (Å²) >= 11 is 0. The molecule has 3 aromatic rings. The lowest BCUT2D eigenvalue weighted by Crippen LogP contribution is -2.18. The van der Waals surface area contributed by atoms with E-state index in [9.17, 15) is 25.2 Å². The Morgan fingerprint density at radius 3 is 1.81 bits per heavy atom. The first-order valence-corrected chi connectivity index (χ1v) is 8.06. The Labute approximate surface area is 153 Å². The fraction of sp³-hybridized carbons (Fsp3) is 0.0500. The van der Waals surface area contributed by atoms with E-state index < -0.39 is 34.8 Å². The Balaban J connectivity index is 2.08. The molecule has 6 N–H and O–H groups in total. The zero-order chi connectivity index (χ0) is 19.3. The quantitative estimate of drug-likeness (QED) is 0.347. The number of nitrogens with two attached hydrogens (primary N) is 1. The first-order valence-electron chi connectivity index (χ1n) is 8.06. The van der Waals surface area contributed by atoms with Crippen molar-refractivity contribution in [3.8, 4) is 34.5 Å². The number of carbonyl (C=O) groups excluding carboxylic acids is 1. The molecule has 0 fully saturated rings. The van der Waals surface area contributed by atoms with E-state index in [1.807, 2.05) is 0 Å². The number of primary amides is 1. The van der Waals surface area contributed by atoms with Crippen molar-refractivity contribution >= 4 is 5.91 Å². The summed E-state index contributed by atoms with van der Waals surface area (Å²) in [5.41, 5.74) is 7.26. The molecule has 0 aromatic heterocycles. The molecule has 1 heterocycles. The Morgan fingerprint density at radius 2 is 1.30 bits per heavy atom. The third-order valence-corrected chi connectivity index (χ3v) is 4.64. The molecule has 0 atom stereocenters. The van der Waals surface area contributed by atoms with E-state index in [0.717, 1.165) is 0 Å². The molecule has 27 heavy (non-hydrogen) atoms. The van der Waals surface area contributed by atoms with Gasteiger partial charge in [0, 0.05) is 22.6 Å². The largest absolute Gasteiger partial charge is 0.504 e. The van der Waals surface area contributed by atoms with Gasteiger partial charge < -0.3 is 30.9 Å². The standard InChI is InChI=1S/C20H15NO6/c21-20(26)10-4-2-1-3-9(10)15-11-5-7-13(22)16(24)18(11)27-19-12(15)6-8-14(23)17(19)25/h1-8,15,22-25H,(H2,21,26). The zero-order valence-electron chi connectivity index (χ0n) is 13.9. The Morgan fingerprint density at radius 1 is 0.778 bits per heavy atom. The number of aromatic hydroxyl groups is 4. The van der Waals surface area contributed by atoms with Gasteiger partial charge in [-0.1, -0.05) is 30.3 Å². The molecule has 1 aliphatic rings. The first kappa shape index (κ1) is 16.6. The van der Waals surface area contributed by atoms with E-state index in [0.29, 0.717) is 16.7 Å². The van der Waals surface area contributed by atoms with Crippen LogP contribution < -0.4 is 10.5 Å². The van der Waals surface area contributed by atoms with Gasteiger partial charge in [0.25, 0.3) is 0 Å². The van der Waals surface area contributed by atoms with Gasteiger partial charge in [0.1, 0.15) is 0 Å². The smallest absolute Gasteiger partial charge is 0.249 e. The minimum Gasteiger partial charge on any atom is -0.504 e. The second-order valence-electron chi connectivity index (χ2n) is 6.19. The van der Waals surface area contributed by atoms with E-state index in [-0.39, 0.29) is 17.1 Å². The lowest BCUT2D eigenvalue weighted by molar-refractivity contribution is 0.0999. The van der Waals surface area contributed by atoms with Crippen LogP contribution in [0.25, 0.3) is 0 Å². The van der Waals surface area contributed by atoms with Gasteiger partial charge in [-0.3, -0.25) is 4.79 Å². The van der Waals surface area contributed by atoms with Crippen LogP contribution in [0.15, 0.2) is 48.5 Å². The fourth-order valence-electron chi connectivity index (χ4n) is 3.40. The topological polar surface area (TPSA) is 133 Å². The van der Waals surface area contributed by atoms with Crippen molar-refractivity contribution in [2.24, 2.45) is 5.73 Å². The maximum absolute atomic E-state index is 11.9. The Hall–Kier alpha value is -3.87. The Bertz CT molecular complexity index is 1030. The van der Waals surface area contributed by atoms with Crippen LogP contribution in [0, 0.1) is 0 Å². The highest BCUT2D eigenvalue weighted by molar-refractivity contribution is 5.95. The van der Waals surface area contributed by atoms with Gasteiger partial charge in [-0.2, -0.15) is 0 Å². The lowest BCUT2D eigenvalue weighted by Gasteiger charge is -2.30. The molecule has 0 aliphatic carbocycles. The van der Waals surface area contributed by atoms with E-state index in [1.54, 1.807) is 36.4 Å². The summed E-state index contributed by atoms with van der Waals surface area (Å²) in [6, 6.07) is 12.4. The summed E-state index contributed by atoms with van der Waals surface area (Å²) in [7, 11) is 0. The molecule has 0 radical (unpaired) electrons. The first-order chi connectivity index (χ1) is 12.9. The van der Waals surface area contributed by atoms with Crippen LogP contribution in [0.3, 0.4) is 0 Å². The summed E-state index contributed by atoms with van der Waals surface area (Å²) in [4.78, 5) is 11.9. The molecular formula is C20H15NO6. The van der Waals surface area contributed by atoms with Gasteiger partial charge in [0.2, 0.25) is 17.4 Å². The summed E-state index contributed by atoms with van der Waals surface area (Å²) < 4.78 is 5.62. The van der Waals surface area contributed by atoms with Crippen molar-refractivity contribution in [2.75, 3.05) is 0 Å². The predicted molar refractivity (Wildman–Crippen MR) is 95.5 cm³/mol. The molecule has 0 saturated carbocycles. The van der Waals surface area contributed by atoms with Crippen molar-refractivity contribution in [1.29, 1.82) is 0 Å². The summed E-state index contributed by atoms with van der Waals surface area (Å²) in [5, 5.41) is 40.2. The van der Waals surface area contributed by atoms with Gasteiger partial charge in [0.05, 0.1) is 0 Å². The molecule has 136 valence electrons. The lowest BCUT2D eigenvalue weighted by atomic mass is 9.80. The van der Waals surface area contributed by atoms with Crippen molar-refractivity contribution in [3.05, 3.63) is 70.8 Å². The van der Waals surface area contributed by atoms with Crippen molar-refractivity contribution < 1.29 is 30.0 Å².